The standard InChI is InChI=1S/C20H31O5P/c1-15-11-12-17(20(2,3)16-9-7-6-8-10-16)18(13-15)25-19(21)14-26(22,23-4)24-5/h6-10,15,17-18H,11-14H2,1-5H3/t15-,17-,18?/m1/s1. The molecule has 0 spiro atoms. The maximum absolute atomic E-state index is 12.4. The fraction of sp³-hybridized carbons (Fsp3) is 0.650. The zero-order valence-electron chi connectivity index (χ0n) is 16.4. The van der Waals surface area contributed by atoms with Crippen LogP contribution in [0, 0.1) is 11.8 Å². The van der Waals surface area contributed by atoms with Gasteiger partial charge in [0.2, 0.25) is 0 Å². The highest BCUT2D eigenvalue weighted by Gasteiger charge is 2.42. The number of carbonyl (C=O) groups excluding carboxylic acids is 1. The highest BCUT2D eigenvalue weighted by atomic mass is 31.2. The fourth-order valence-corrected chi connectivity index (χ4v) is 4.73. The summed E-state index contributed by atoms with van der Waals surface area (Å²) in [5, 5.41) is 0. The molecule has 6 heteroatoms. The van der Waals surface area contributed by atoms with E-state index in [1.807, 2.05) is 18.2 Å². The molecule has 0 bridgehead atoms. The lowest BCUT2D eigenvalue weighted by atomic mass is 9.64. The topological polar surface area (TPSA) is 61.8 Å². The van der Waals surface area contributed by atoms with E-state index in [2.05, 4.69) is 32.9 Å². The molecule has 2 rings (SSSR count). The van der Waals surface area contributed by atoms with Gasteiger partial charge in [0.15, 0.2) is 0 Å². The minimum Gasteiger partial charge on any atom is -0.462 e. The first-order valence-corrected chi connectivity index (χ1v) is 10.9. The van der Waals surface area contributed by atoms with Crippen LogP contribution in [0.1, 0.15) is 45.6 Å². The molecule has 0 heterocycles. The van der Waals surface area contributed by atoms with E-state index < -0.39 is 13.6 Å². The van der Waals surface area contributed by atoms with Gasteiger partial charge in [0, 0.05) is 20.1 Å². The summed E-state index contributed by atoms with van der Waals surface area (Å²) < 4.78 is 27.8. The van der Waals surface area contributed by atoms with Crippen LogP contribution in [0.3, 0.4) is 0 Å². The van der Waals surface area contributed by atoms with E-state index in [4.69, 9.17) is 13.8 Å². The molecule has 1 aliphatic carbocycles. The summed E-state index contributed by atoms with van der Waals surface area (Å²) in [6, 6.07) is 10.3. The SMILES string of the molecule is COP(=O)(CC(=O)OC1C[C@H](C)CC[C@H]1C(C)(C)c1ccccc1)OC. The van der Waals surface area contributed by atoms with Crippen molar-refractivity contribution in [3.8, 4) is 0 Å². The number of rotatable bonds is 7. The Hall–Kier alpha value is -1.16. The van der Waals surface area contributed by atoms with Gasteiger partial charge in [-0.15, -0.1) is 0 Å². The van der Waals surface area contributed by atoms with Crippen LogP contribution in [0.4, 0.5) is 0 Å². The minimum absolute atomic E-state index is 0.126. The number of esters is 1. The molecule has 0 amide bonds. The summed E-state index contributed by atoms with van der Waals surface area (Å²) in [6.45, 7) is 6.60. The maximum atomic E-state index is 12.4. The molecule has 26 heavy (non-hydrogen) atoms. The number of carbonyl (C=O) groups is 1. The average molecular weight is 382 g/mol. The molecule has 1 aromatic rings. The zero-order valence-corrected chi connectivity index (χ0v) is 17.3. The molecule has 0 aliphatic heterocycles. The van der Waals surface area contributed by atoms with E-state index in [1.54, 1.807) is 0 Å². The van der Waals surface area contributed by atoms with Crippen molar-refractivity contribution in [3.63, 3.8) is 0 Å². The van der Waals surface area contributed by atoms with E-state index in [-0.39, 0.29) is 23.6 Å². The van der Waals surface area contributed by atoms with Gasteiger partial charge in [-0.2, -0.15) is 0 Å². The van der Waals surface area contributed by atoms with Gasteiger partial charge in [0.1, 0.15) is 12.3 Å². The molecule has 3 atom stereocenters. The second-order valence-corrected chi connectivity index (χ2v) is 10.0. The minimum atomic E-state index is -3.41. The smallest absolute Gasteiger partial charge is 0.341 e. The van der Waals surface area contributed by atoms with Crippen molar-refractivity contribution in [1.29, 1.82) is 0 Å². The molecular formula is C20H31O5P. The Morgan fingerprint density at radius 3 is 2.35 bits per heavy atom. The van der Waals surface area contributed by atoms with Crippen molar-refractivity contribution >= 4 is 13.6 Å². The van der Waals surface area contributed by atoms with Gasteiger partial charge < -0.3 is 13.8 Å². The van der Waals surface area contributed by atoms with E-state index in [1.165, 1.54) is 19.8 Å². The Kier molecular flexibility index (Phi) is 7.06. The van der Waals surface area contributed by atoms with Gasteiger partial charge in [0.05, 0.1) is 0 Å². The first-order valence-electron chi connectivity index (χ1n) is 9.17. The van der Waals surface area contributed by atoms with Crippen LogP contribution in [-0.2, 0) is 28.6 Å². The molecule has 1 saturated carbocycles. The molecule has 1 fully saturated rings. The molecule has 0 aromatic heterocycles. The predicted octanol–water partition coefficient (Wildman–Crippen LogP) is 4.80. The monoisotopic (exact) mass is 382 g/mol. The normalized spacial score (nSPS) is 24.3. The molecule has 0 radical (unpaired) electrons. The van der Waals surface area contributed by atoms with Crippen LogP contribution < -0.4 is 0 Å². The summed E-state index contributed by atoms with van der Waals surface area (Å²) in [5.74, 6) is 0.173. The number of benzene rings is 1. The fourth-order valence-electron chi connectivity index (χ4n) is 3.93. The van der Waals surface area contributed by atoms with Gasteiger partial charge >= 0.3 is 13.6 Å². The molecule has 0 saturated heterocycles. The van der Waals surface area contributed by atoms with Crippen LogP contribution in [-0.4, -0.2) is 32.5 Å². The van der Waals surface area contributed by atoms with E-state index in [0.717, 1.165) is 19.3 Å². The Morgan fingerprint density at radius 1 is 1.15 bits per heavy atom. The molecule has 0 N–H and O–H groups in total. The van der Waals surface area contributed by atoms with Crippen molar-refractivity contribution in [3.05, 3.63) is 35.9 Å². The maximum Gasteiger partial charge on any atom is 0.341 e. The third-order valence-electron chi connectivity index (χ3n) is 5.66. The molecule has 5 nitrogen and oxygen atoms in total. The largest absolute Gasteiger partial charge is 0.462 e. The van der Waals surface area contributed by atoms with E-state index in [9.17, 15) is 9.36 Å². The van der Waals surface area contributed by atoms with E-state index in [0.29, 0.717) is 5.92 Å². The summed E-state index contributed by atoms with van der Waals surface area (Å²) in [6.07, 6.45) is 2.36. The number of hydrogen-bond donors (Lipinski definition) is 0. The molecule has 1 unspecified atom stereocenters. The number of hydrogen-bond acceptors (Lipinski definition) is 5. The Bertz CT molecular complexity index is 635. The molecule has 1 aromatic carbocycles. The second kappa shape index (κ2) is 8.69. The average Bonchev–Trinajstić information content (AvgIpc) is 2.62. The zero-order chi connectivity index (χ0) is 19.4. The van der Waals surface area contributed by atoms with Crippen molar-refractivity contribution < 1.29 is 23.1 Å². The molecule has 146 valence electrons. The molecular weight excluding hydrogens is 351 g/mol. The Labute approximate surface area is 156 Å². The quantitative estimate of drug-likeness (QED) is 0.501. The highest BCUT2D eigenvalue weighted by Crippen LogP contribution is 2.47. The Morgan fingerprint density at radius 2 is 1.77 bits per heavy atom. The summed E-state index contributed by atoms with van der Waals surface area (Å²) >= 11 is 0. The van der Waals surface area contributed by atoms with Crippen molar-refractivity contribution in [2.75, 3.05) is 20.4 Å². The third-order valence-corrected chi connectivity index (χ3v) is 7.42. The predicted molar refractivity (Wildman–Crippen MR) is 102 cm³/mol. The third kappa shape index (κ3) is 4.97. The second-order valence-electron chi connectivity index (χ2n) is 7.77. The van der Waals surface area contributed by atoms with Gasteiger partial charge in [-0.25, -0.2) is 0 Å². The number of ether oxygens (including phenoxy) is 1. The van der Waals surface area contributed by atoms with Gasteiger partial charge in [-0.05, 0) is 29.7 Å². The van der Waals surface area contributed by atoms with Crippen LogP contribution in [0.15, 0.2) is 30.3 Å². The summed E-state index contributed by atoms with van der Waals surface area (Å²) in [5.41, 5.74) is 1.11. The van der Waals surface area contributed by atoms with Crippen LogP contribution in [0.25, 0.3) is 0 Å². The van der Waals surface area contributed by atoms with Crippen LogP contribution in [0.5, 0.6) is 0 Å². The van der Waals surface area contributed by atoms with Crippen LogP contribution >= 0.6 is 7.60 Å². The van der Waals surface area contributed by atoms with E-state index >= 15 is 0 Å². The first-order chi connectivity index (χ1) is 12.2. The van der Waals surface area contributed by atoms with Crippen LogP contribution in [0.2, 0.25) is 0 Å². The molecule has 1 aliphatic rings. The van der Waals surface area contributed by atoms with Crippen molar-refractivity contribution in [1.82, 2.24) is 0 Å². The van der Waals surface area contributed by atoms with Crippen molar-refractivity contribution in [2.45, 2.75) is 51.6 Å². The van der Waals surface area contributed by atoms with Gasteiger partial charge in [0.25, 0.3) is 0 Å². The van der Waals surface area contributed by atoms with Crippen molar-refractivity contribution in [2.24, 2.45) is 11.8 Å². The lowest BCUT2D eigenvalue weighted by Gasteiger charge is -2.44. The summed E-state index contributed by atoms with van der Waals surface area (Å²) in [7, 11) is -0.855. The first kappa shape index (κ1) is 21.1. The lowest BCUT2D eigenvalue weighted by Crippen LogP contribution is -2.43. The summed E-state index contributed by atoms with van der Waals surface area (Å²) in [4.78, 5) is 12.4. The van der Waals surface area contributed by atoms with Gasteiger partial charge in [-0.3, -0.25) is 9.36 Å². The van der Waals surface area contributed by atoms with Gasteiger partial charge in [-0.1, -0.05) is 57.5 Å². The Balaban J connectivity index is 2.18. The highest BCUT2D eigenvalue weighted by molar-refractivity contribution is 7.54. The lowest BCUT2D eigenvalue weighted by molar-refractivity contribution is -0.153.